The van der Waals surface area contributed by atoms with E-state index in [4.69, 9.17) is 9.26 Å². The van der Waals surface area contributed by atoms with Crippen molar-refractivity contribution in [3.63, 3.8) is 0 Å². The van der Waals surface area contributed by atoms with E-state index in [1.165, 1.54) is 0 Å². The minimum absolute atomic E-state index is 0.119. The van der Waals surface area contributed by atoms with Gasteiger partial charge in [-0.15, -0.1) is 0 Å². The summed E-state index contributed by atoms with van der Waals surface area (Å²) in [7, 11) is 1.86. The van der Waals surface area contributed by atoms with Gasteiger partial charge in [0.15, 0.2) is 5.82 Å². The van der Waals surface area contributed by atoms with Gasteiger partial charge in [-0.1, -0.05) is 12.1 Å². The lowest BCUT2D eigenvalue weighted by Gasteiger charge is -2.25. The lowest BCUT2D eigenvalue weighted by atomic mass is 10.1. The van der Waals surface area contributed by atoms with Gasteiger partial charge in [0, 0.05) is 32.4 Å². The number of rotatable bonds is 5. The second-order valence-corrected chi connectivity index (χ2v) is 5.46. The Morgan fingerprint density at radius 2 is 2.22 bits per heavy atom. The van der Waals surface area contributed by atoms with Crippen molar-refractivity contribution in [2.24, 2.45) is 7.05 Å². The molecule has 8 heteroatoms. The number of amides is 1. The van der Waals surface area contributed by atoms with Crippen molar-refractivity contribution in [2.45, 2.75) is 19.4 Å². The summed E-state index contributed by atoms with van der Waals surface area (Å²) >= 11 is 0. The van der Waals surface area contributed by atoms with Crippen LogP contribution in [0.15, 0.2) is 22.9 Å². The Morgan fingerprint density at radius 1 is 1.43 bits per heavy atom. The molecule has 1 atom stereocenters. The number of hydrogen-bond acceptors (Lipinski definition) is 6. The second kappa shape index (κ2) is 6.82. The van der Waals surface area contributed by atoms with Crippen LogP contribution in [0.1, 0.15) is 35.6 Å². The topological polar surface area (TPSA) is 85.4 Å². The second-order valence-electron chi connectivity index (χ2n) is 5.46. The van der Waals surface area contributed by atoms with Gasteiger partial charge >= 0.3 is 0 Å². The molecule has 0 saturated carbocycles. The first-order valence-electron chi connectivity index (χ1n) is 7.77. The summed E-state index contributed by atoms with van der Waals surface area (Å²) in [5.74, 6) is 0.615. The van der Waals surface area contributed by atoms with Crippen LogP contribution in [-0.4, -0.2) is 47.1 Å². The number of nitrogens with one attached hydrogen (secondary N) is 1. The van der Waals surface area contributed by atoms with Gasteiger partial charge in [0.25, 0.3) is 5.91 Å². The highest BCUT2D eigenvalue weighted by Crippen LogP contribution is 2.19. The number of aromatic nitrogens is 3. The van der Waals surface area contributed by atoms with Crippen LogP contribution in [-0.2, 0) is 11.8 Å². The molecule has 0 radical (unpaired) electrons. The quantitative estimate of drug-likeness (QED) is 0.889. The normalized spacial score (nSPS) is 16.3. The average Bonchev–Trinajstić information content (AvgIpc) is 3.22. The predicted molar refractivity (Wildman–Crippen MR) is 83.2 cm³/mol. The van der Waals surface area contributed by atoms with Crippen molar-refractivity contribution in [3.05, 3.63) is 29.8 Å². The standard InChI is InChI=1S/C15H21N5O3/c1-3-11(12-4-5-16-19(12)2)17-15(21)13-10-14(18-23-13)20-6-8-22-9-7-20/h4-5,10-11H,3,6-9H2,1-2H3,(H,17,21). The molecule has 124 valence electrons. The van der Waals surface area contributed by atoms with Gasteiger partial charge in [0.05, 0.1) is 24.9 Å². The lowest BCUT2D eigenvalue weighted by molar-refractivity contribution is 0.0896. The molecule has 1 amide bonds. The Hall–Kier alpha value is -2.35. The van der Waals surface area contributed by atoms with E-state index >= 15 is 0 Å². The van der Waals surface area contributed by atoms with Crippen LogP contribution >= 0.6 is 0 Å². The summed E-state index contributed by atoms with van der Waals surface area (Å²) in [5, 5.41) is 11.1. The fraction of sp³-hybridized carbons (Fsp3) is 0.533. The van der Waals surface area contributed by atoms with Gasteiger partial charge in [-0.3, -0.25) is 9.48 Å². The molecular formula is C15H21N5O3. The number of nitrogens with zero attached hydrogens (tertiary/aromatic N) is 4. The largest absolute Gasteiger partial charge is 0.378 e. The molecule has 1 N–H and O–H groups in total. The summed E-state index contributed by atoms with van der Waals surface area (Å²) in [4.78, 5) is 14.4. The van der Waals surface area contributed by atoms with Gasteiger partial charge in [-0.05, 0) is 12.5 Å². The zero-order valence-corrected chi connectivity index (χ0v) is 13.4. The molecule has 0 aliphatic carbocycles. The zero-order chi connectivity index (χ0) is 16.2. The summed E-state index contributed by atoms with van der Waals surface area (Å²) in [6, 6.07) is 3.46. The Labute approximate surface area is 134 Å². The number of hydrogen-bond donors (Lipinski definition) is 1. The van der Waals surface area contributed by atoms with Gasteiger partial charge in [0.1, 0.15) is 0 Å². The van der Waals surface area contributed by atoms with Gasteiger partial charge in [0.2, 0.25) is 5.76 Å². The van der Waals surface area contributed by atoms with Gasteiger partial charge in [-0.25, -0.2) is 0 Å². The molecule has 23 heavy (non-hydrogen) atoms. The molecule has 2 aromatic rings. The molecule has 3 rings (SSSR count). The number of carbonyl (C=O) groups excluding carboxylic acids is 1. The molecule has 0 aromatic carbocycles. The van der Waals surface area contributed by atoms with Crippen LogP contribution in [0.2, 0.25) is 0 Å². The minimum Gasteiger partial charge on any atom is -0.378 e. The Kier molecular flexibility index (Phi) is 4.61. The van der Waals surface area contributed by atoms with Gasteiger partial charge in [-0.2, -0.15) is 5.10 Å². The van der Waals surface area contributed by atoms with E-state index in [1.807, 2.05) is 24.9 Å². The fourth-order valence-electron chi connectivity index (χ4n) is 2.65. The van der Waals surface area contributed by atoms with Gasteiger partial charge < -0.3 is 19.5 Å². The number of anilines is 1. The Morgan fingerprint density at radius 3 is 2.87 bits per heavy atom. The monoisotopic (exact) mass is 319 g/mol. The van der Waals surface area contributed by atoms with Crippen LogP contribution in [0.3, 0.4) is 0 Å². The average molecular weight is 319 g/mol. The highest BCUT2D eigenvalue weighted by Gasteiger charge is 2.22. The molecule has 0 spiro atoms. The van der Waals surface area contributed by atoms with E-state index in [9.17, 15) is 4.79 Å². The smallest absolute Gasteiger partial charge is 0.290 e. The molecule has 1 saturated heterocycles. The molecule has 2 aromatic heterocycles. The number of carbonyl (C=O) groups is 1. The Balaban J connectivity index is 1.68. The molecule has 1 aliphatic heterocycles. The molecule has 0 bridgehead atoms. The number of ether oxygens (including phenoxy) is 1. The number of aryl methyl sites for hydroxylation is 1. The molecule has 8 nitrogen and oxygen atoms in total. The third kappa shape index (κ3) is 3.37. The molecule has 1 fully saturated rings. The van der Waals surface area contributed by atoms with Crippen LogP contribution in [0.4, 0.5) is 5.82 Å². The SMILES string of the molecule is CCC(NC(=O)c1cc(N2CCOCC2)no1)c1ccnn1C. The number of morpholine rings is 1. The van der Waals surface area contributed by atoms with E-state index in [2.05, 4.69) is 15.6 Å². The third-order valence-corrected chi connectivity index (χ3v) is 3.99. The first-order chi connectivity index (χ1) is 11.2. The molecular weight excluding hydrogens is 298 g/mol. The van der Waals surface area contributed by atoms with Crippen LogP contribution < -0.4 is 10.2 Å². The van der Waals surface area contributed by atoms with Crippen LogP contribution in [0.5, 0.6) is 0 Å². The maximum Gasteiger partial charge on any atom is 0.290 e. The van der Waals surface area contributed by atoms with E-state index in [1.54, 1.807) is 16.9 Å². The summed E-state index contributed by atoms with van der Waals surface area (Å²) in [6.07, 6.45) is 2.48. The van der Waals surface area contributed by atoms with Crippen molar-refractivity contribution in [2.75, 3.05) is 31.2 Å². The van der Waals surface area contributed by atoms with E-state index in [-0.39, 0.29) is 17.7 Å². The Bertz CT molecular complexity index is 660. The van der Waals surface area contributed by atoms with Crippen LogP contribution in [0, 0.1) is 0 Å². The van der Waals surface area contributed by atoms with E-state index in [0.717, 1.165) is 25.2 Å². The van der Waals surface area contributed by atoms with Crippen molar-refractivity contribution >= 4 is 11.7 Å². The zero-order valence-electron chi connectivity index (χ0n) is 13.4. The fourth-order valence-corrected chi connectivity index (χ4v) is 2.65. The summed E-state index contributed by atoms with van der Waals surface area (Å²) in [6.45, 7) is 4.83. The van der Waals surface area contributed by atoms with Crippen molar-refractivity contribution in [1.82, 2.24) is 20.3 Å². The highest BCUT2D eigenvalue weighted by molar-refractivity contribution is 5.92. The first-order valence-corrected chi connectivity index (χ1v) is 7.77. The van der Waals surface area contributed by atoms with Crippen molar-refractivity contribution < 1.29 is 14.1 Å². The van der Waals surface area contributed by atoms with Crippen molar-refractivity contribution in [1.29, 1.82) is 0 Å². The lowest BCUT2D eigenvalue weighted by Crippen LogP contribution is -2.36. The maximum atomic E-state index is 12.4. The van der Waals surface area contributed by atoms with Crippen molar-refractivity contribution in [3.8, 4) is 0 Å². The van der Waals surface area contributed by atoms with E-state index in [0.29, 0.717) is 19.0 Å². The molecule has 1 unspecified atom stereocenters. The third-order valence-electron chi connectivity index (χ3n) is 3.99. The first kappa shape index (κ1) is 15.5. The highest BCUT2D eigenvalue weighted by atomic mass is 16.5. The summed E-state index contributed by atoms with van der Waals surface area (Å²) < 4.78 is 12.3. The summed E-state index contributed by atoms with van der Waals surface area (Å²) in [5.41, 5.74) is 0.953. The molecule has 1 aliphatic rings. The van der Waals surface area contributed by atoms with E-state index < -0.39 is 0 Å². The minimum atomic E-state index is -0.273. The van der Waals surface area contributed by atoms with Crippen LogP contribution in [0.25, 0.3) is 0 Å². The molecule has 3 heterocycles. The maximum absolute atomic E-state index is 12.4. The predicted octanol–water partition coefficient (Wildman–Crippen LogP) is 1.13.